The van der Waals surface area contributed by atoms with Crippen LogP contribution < -0.4 is 15.6 Å². The molecule has 1 fully saturated rings. The Morgan fingerprint density at radius 1 is 1.03 bits per heavy atom. The van der Waals surface area contributed by atoms with E-state index >= 15 is 0 Å². The Labute approximate surface area is 197 Å². The first-order valence-electron chi connectivity index (χ1n) is 10.5. The van der Waals surface area contributed by atoms with Crippen molar-refractivity contribution in [1.82, 2.24) is 10.4 Å². The van der Waals surface area contributed by atoms with E-state index in [0.29, 0.717) is 22.8 Å². The lowest BCUT2D eigenvalue weighted by Gasteiger charge is -2.24. The number of nitrogens with zero attached hydrogens (tertiary/aromatic N) is 2. The molecule has 0 aliphatic carbocycles. The molecule has 0 spiro atoms. The van der Waals surface area contributed by atoms with Crippen molar-refractivity contribution in [2.75, 3.05) is 10.2 Å². The Morgan fingerprint density at radius 3 is 2.38 bits per heavy atom. The van der Waals surface area contributed by atoms with Gasteiger partial charge in [0.1, 0.15) is 6.04 Å². The molecular formula is C23H25ClN4O3S. The standard InChI is InChI=1S/C23H25ClN4O3S/c1-2-3-5-10-20(29)26-28-19(15-21(30)25-17-8-6-4-7-9-17)22(31)27(23(28)32)18-13-11-16(24)12-14-18/h4,6-9,11-14,19H,2-3,5,10,15H2,1H3,(H,25,30)(H,26,29). The summed E-state index contributed by atoms with van der Waals surface area (Å²) in [6, 6.07) is 14.6. The molecule has 1 aliphatic heterocycles. The molecule has 168 valence electrons. The number of rotatable bonds is 9. The molecular weight excluding hydrogens is 448 g/mol. The zero-order valence-electron chi connectivity index (χ0n) is 17.7. The lowest BCUT2D eigenvalue weighted by Crippen LogP contribution is -2.49. The van der Waals surface area contributed by atoms with E-state index in [4.69, 9.17) is 23.8 Å². The summed E-state index contributed by atoms with van der Waals surface area (Å²) < 4.78 is 0. The third kappa shape index (κ3) is 5.83. The number of unbranched alkanes of at least 4 members (excludes halogenated alkanes) is 2. The van der Waals surface area contributed by atoms with Crippen LogP contribution in [0.1, 0.15) is 39.0 Å². The molecule has 2 aromatic carbocycles. The highest BCUT2D eigenvalue weighted by Gasteiger charge is 2.45. The minimum atomic E-state index is -0.961. The number of thiocarbonyl (C=S) groups is 1. The van der Waals surface area contributed by atoms with Crippen LogP contribution in [0, 0.1) is 0 Å². The molecule has 0 bridgehead atoms. The van der Waals surface area contributed by atoms with Crippen molar-refractivity contribution in [3.05, 3.63) is 59.6 Å². The van der Waals surface area contributed by atoms with Gasteiger partial charge in [0.25, 0.3) is 5.91 Å². The maximum atomic E-state index is 13.3. The van der Waals surface area contributed by atoms with Gasteiger partial charge < -0.3 is 5.32 Å². The normalized spacial score (nSPS) is 15.8. The number of hydrogen-bond donors (Lipinski definition) is 2. The second kappa shape index (κ2) is 11.1. The van der Waals surface area contributed by atoms with E-state index in [1.807, 2.05) is 6.07 Å². The number of para-hydroxylation sites is 1. The molecule has 3 rings (SSSR count). The average Bonchev–Trinajstić information content (AvgIpc) is 2.99. The Hall–Kier alpha value is -2.97. The number of carbonyl (C=O) groups excluding carboxylic acids is 3. The minimum absolute atomic E-state index is 0.110. The van der Waals surface area contributed by atoms with Crippen molar-refractivity contribution >= 4 is 58.0 Å². The molecule has 7 nitrogen and oxygen atoms in total. The molecule has 2 aromatic rings. The van der Waals surface area contributed by atoms with Crippen molar-refractivity contribution in [3.63, 3.8) is 0 Å². The third-order valence-electron chi connectivity index (χ3n) is 4.99. The molecule has 3 amide bonds. The van der Waals surface area contributed by atoms with Crippen LogP contribution in [-0.2, 0) is 14.4 Å². The fourth-order valence-electron chi connectivity index (χ4n) is 3.36. The van der Waals surface area contributed by atoms with Crippen LogP contribution in [0.5, 0.6) is 0 Å². The van der Waals surface area contributed by atoms with Gasteiger partial charge in [-0.15, -0.1) is 0 Å². The Balaban J connectivity index is 1.79. The van der Waals surface area contributed by atoms with E-state index in [9.17, 15) is 14.4 Å². The van der Waals surface area contributed by atoms with Crippen molar-refractivity contribution in [2.45, 2.75) is 45.1 Å². The fourth-order valence-corrected chi connectivity index (χ4v) is 3.86. The summed E-state index contributed by atoms with van der Waals surface area (Å²) in [5.41, 5.74) is 3.87. The molecule has 1 aliphatic rings. The summed E-state index contributed by atoms with van der Waals surface area (Å²) in [5.74, 6) is -1.00. The molecule has 0 radical (unpaired) electrons. The fraction of sp³-hybridized carbons (Fsp3) is 0.304. The van der Waals surface area contributed by atoms with E-state index < -0.39 is 11.9 Å². The molecule has 9 heteroatoms. The van der Waals surface area contributed by atoms with Gasteiger partial charge in [-0.2, -0.15) is 0 Å². The molecule has 32 heavy (non-hydrogen) atoms. The van der Waals surface area contributed by atoms with Crippen LogP contribution in [-0.4, -0.2) is 33.9 Å². The SMILES string of the molecule is CCCCCC(=O)NN1C(=S)N(c2ccc(Cl)cc2)C(=O)C1CC(=O)Nc1ccccc1. The molecule has 0 saturated carbocycles. The highest BCUT2D eigenvalue weighted by molar-refractivity contribution is 7.80. The predicted octanol–water partition coefficient (Wildman–Crippen LogP) is 4.28. The number of carbonyl (C=O) groups is 3. The first-order chi connectivity index (χ1) is 15.4. The number of amides is 3. The molecule has 2 N–H and O–H groups in total. The summed E-state index contributed by atoms with van der Waals surface area (Å²) in [5, 5.41) is 4.73. The topological polar surface area (TPSA) is 81.8 Å². The first-order valence-corrected chi connectivity index (χ1v) is 11.3. The van der Waals surface area contributed by atoms with Crippen molar-refractivity contribution in [1.29, 1.82) is 0 Å². The largest absolute Gasteiger partial charge is 0.326 e. The zero-order valence-corrected chi connectivity index (χ0v) is 19.3. The zero-order chi connectivity index (χ0) is 23.1. The molecule has 1 heterocycles. The summed E-state index contributed by atoms with van der Waals surface area (Å²) >= 11 is 11.5. The number of halogens is 1. The van der Waals surface area contributed by atoms with Gasteiger partial charge in [-0.25, -0.2) is 5.01 Å². The molecule has 0 aromatic heterocycles. The van der Waals surface area contributed by atoms with Gasteiger partial charge in [-0.05, 0) is 55.0 Å². The summed E-state index contributed by atoms with van der Waals surface area (Å²) in [6.07, 6.45) is 2.78. The smallest absolute Gasteiger partial charge is 0.258 e. The Bertz CT molecular complexity index is 984. The van der Waals surface area contributed by atoms with Gasteiger partial charge in [-0.1, -0.05) is 49.6 Å². The number of nitrogens with one attached hydrogen (secondary N) is 2. The van der Waals surface area contributed by atoms with Crippen LogP contribution in [0.4, 0.5) is 11.4 Å². The highest BCUT2D eigenvalue weighted by Crippen LogP contribution is 2.27. The van der Waals surface area contributed by atoms with Gasteiger partial charge in [0, 0.05) is 17.1 Å². The lowest BCUT2D eigenvalue weighted by molar-refractivity contribution is -0.129. The van der Waals surface area contributed by atoms with Crippen LogP contribution >= 0.6 is 23.8 Å². The van der Waals surface area contributed by atoms with E-state index in [1.54, 1.807) is 48.5 Å². The number of anilines is 2. The van der Waals surface area contributed by atoms with Gasteiger partial charge in [-0.3, -0.25) is 24.7 Å². The summed E-state index contributed by atoms with van der Waals surface area (Å²) in [6.45, 7) is 2.05. The Morgan fingerprint density at radius 2 is 1.72 bits per heavy atom. The molecule has 1 atom stereocenters. The van der Waals surface area contributed by atoms with Crippen LogP contribution in [0.25, 0.3) is 0 Å². The number of benzene rings is 2. The van der Waals surface area contributed by atoms with E-state index in [0.717, 1.165) is 19.3 Å². The second-order valence-electron chi connectivity index (χ2n) is 7.43. The Kier molecular flexibility index (Phi) is 8.19. The lowest BCUT2D eigenvalue weighted by atomic mass is 10.1. The maximum absolute atomic E-state index is 13.3. The van der Waals surface area contributed by atoms with E-state index in [1.165, 1.54) is 9.91 Å². The number of hydrogen-bond acceptors (Lipinski definition) is 4. The van der Waals surface area contributed by atoms with Gasteiger partial charge in [0.15, 0.2) is 0 Å². The molecule has 1 saturated heterocycles. The molecule has 1 unspecified atom stereocenters. The maximum Gasteiger partial charge on any atom is 0.258 e. The first kappa shape index (κ1) is 23.7. The van der Waals surface area contributed by atoms with Gasteiger partial charge in [0.05, 0.1) is 12.1 Å². The minimum Gasteiger partial charge on any atom is -0.326 e. The summed E-state index contributed by atoms with van der Waals surface area (Å²) in [7, 11) is 0. The van der Waals surface area contributed by atoms with Crippen molar-refractivity contribution < 1.29 is 14.4 Å². The third-order valence-corrected chi connectivity index (χ3v) is 5.62. The highest BCUT2D eigenvalue weighted by atomic mass is 35.5. The average molecular weight is 473 g/mol. The quantitative estimate of drug-likeness (QED) is 0.420. The van der Waals surface area contributed by atoms with Crippen molar-refractivity contribution in [3.8, 4) is 0 Å². The van der Waals surface area contributed by atoms with E-state index in [2.05, 4.69) is 17.7 Å². The second-order valence-corrected chi connectivity index (χ2v) is 8.23. The van der Waals surface area contributed by atoms with Crippen LogP contribution in [0.2, 0.25) is 5.02 Å². The van der Waals surface area contributed by atoms with Gasteiger partial charge >= 0.3 is 0 Å². The monoisotopic (exact) mass is 472 g/mol. The van der Waals surface area contributed by atoms with Crippen LogP contribution in [0.15, 0.2) is 54.6 Å². The van der Waals surface area contributed by atoms with E-state index in [-0.39, 0.29) is 23.3 Å². The van der Waals surface area contributed by atoms with Crippen molar-refractivity contribution in [2.24, 2.45) is 0 Å². The van der Waals surface area contributed by atoms with Crippen LogP contribution in [0.3, 0.4) is 0 Å². The summed E-state index contributed by atoms with van der Waals surface area (Å²) in [4.78, 5) is 39.7. The predicted molar refractivity (Wildman–Crippen MR) is 129 cm³/mol. The van der Waals surface area contributed by atoms with Gasteiger partial charge in [0.2, 0.25) is 16.9 Å². The number of hydrazine groups is 1.